The molecular weight excluding hydrogens is 376 g/mol. The van der Waals surface area contributed by atoms with Crippen LogP contribution in [0.2, 0.25) is 0 Å². The lowest BCUT2D eigenvalue weighted by molar-refractivity contribution is 0.00849. The van der Waals surface area contributed by atoms with Crippen LogP contribution in [-0.4, -0.2) is 11.2 Å². The molecular formula is C30H50O. The number of unbranched alkanes of at least 4 members (excludes halogenated alkanes) is 1. The molecule has 31 heavy (non-hydrogen) atoms. The third-order valence-electron chi connectivity index (χ3n) is 7.07. The normalized spacial score (nSPS) is 22.4. The van der Waals surface area contributed by atoms with Gasteiger partial charge in [0.05, 0.1) is 6.10 Å². The Bertz CT molecular complexity index is 692. The van der Waals surface area contributed by atoms with Crippen LogP contribution in [0.1, 0.15) is 113 Å². The fourth-order valence-corrected chi connectivity index (χ4v) is 4.63. The van der Waals surface area contributed by atoms with E-state index >= 15 is 0 Å². The molecule has 1 aliphatic rings. The van der Waals surface area contributed by atoms with Crippen LogP contribution in [0.15, 0.2) is 58.2 Å². The van der Waals surface area contributed by atoms with Crippen LogP contribution in [0.4, 0.5) is 0 Å². The van der Waals surface area contributed by atoms with E-state index in [0.29, 0.717) is 5.92 Å². The Balaban J connectivity index is 2.34. The van der Waals surface area contributed by atoms with Gasteiger partial charge in [-0.05, 0) is 111 Å². The smallest absolute Gasteiger partial charge is 0.0631 e. The molecule has 1 heteroatoms. The summed E-state index contributed by atoms with van der Waals surface area (Å²) in [6.45, 7) is 17.8. The molecule has 0 fully saturated rings. The van der Waals surface area contributed by atoms with Crippen LogP contribution in [0.3, 0.4) is 0 Å². The lowest BCUT2D eigenvalue weighted by atomic mass is 9.65. The molecule has 0 saturated carbocycles. The van der Waals surface area contributed by atoms with Crippen molar-refractivity contribution in [1.82, 2.24) is 0 Å². The first kappa shape index (κ1) is 27.7. The lowest BCUT2D eigenvalue weighted by Crippen LogP contribution is -2.39. The van der Waals surface area contributed by atoms with E-state index in [1.807, 2.05) is 0 Å². The van der Waals surface area contributed by atoms with Crippen molar-refractivity contribution < 1.29 is 5.11 Å². The standard InChI is InChI=1S/C30H50O/c1-23(2)13-11-16-25(4)18-12-17-24(3)14-9-10-15-26(5)19-21-28-27(6)20-22-29(31)30(28,7)8/h13-15,18,20,28-29,31H,9-12,16-17,19,21-22H2,1-8H3/b24-14+,25-18+,26-15+/t28-,29+/m1/s1. The van der Waals surface area contributed by atoms with E-state index in [4.69, 9.17) is 0 Å². The molecule has 0 aromatic rings. The number of hydrogen-bond acceptors (Lipinski definition) is 1. The van der Waals surface area contributed by atoms with Gasteiger partial charge in [0.2, 0.25) is 0 Å². The molecule has 1 aliphatic carbocycles. The zero-order chi connectivity index (χ0) is 23.4. The summed E-state index contributed by atoms with van der Waals surface area (Å²) in [6, 6.07) is 0. The summed E-state index contributed by atoms with van der Waals surface area (Å²) in [5, 5.41) is 10.4. The lowest BCUT2D eigenvalue weighted by Gasteiger charge is -2.42. The molecule has 1 nitrogen and oxygen atoms in total. The summed E-state index contributed by atoms with van der Waals surface area (Å²) < 4.78 is 0. The van der Waals surface area contributed by atoms with Gasteiger partial charge in [0.1, 0.15) is 0 Å². The van der Waals surface area contributed by atoms with Crippen molar-refractivity contribution in [1.29, 1.82) is 0 Å². The second-order valence-electron chi connectivity index (χ2n) is 10.7. The average Bonchev–Trinajstić information content (AvgIpc) is 2.68. The molecule has 1 N–H and O–H groups in total. The molecule has 0 bridgehead atoms. The highest BCUT2D eigenvalue weighted by atomic mass is 16.3. The molecule has 0 amide bonds. The number of allylic oxidation sites excluding steroid dienone is 9. The van der Waals surface area contributed by atoms with Gasteiger partial charge in [0.15, 0.2) is 0 Å². The van der Waals surface area contributed by atoms with E-state index in [9.17, 15) is 5.11 Å². The van der Waals surface area contributed by atoms with Crippen molar-refractivity contribution in [3.63, 3.8) is 0 Å². The Hall–Kier alpha value is -1.34. The average molecular weight is 427 g/mol. The van der Waals surface area contributed by atoms with Gasteiger partial charge in [0, 0.05) is 0 Å². The Kier molecular flexibility index (Phi) is 12.5. The van der Waals surface area contributed by atoms with Gasteiger partial charge in [-0.3, -0.25) is 0 Å². The van der Waals surface area contributed by atoms with Crippen molar-refractivity contribution in [2.75, 3.05) is 0 Å². The summed E-state index contributed by atoms with van der Waals surface area (Å²) in [6.07, 6.45) is 21.6. The minimum atomic E-state index is -0.213. The number of hydrogen-bond donors (Lipinski definition) is 1. The topological polar surface area (TPSA) is 20.2 Å². The predicted octanol–water partition coefficient (Wildman–Crippen LogP) is 9.27. The van der Waals surface area contributed by atoms with Crippen molar-refractivity contribution >= 4 is 0 Å². The van der Waals surface area contributed by atoms with E-state index in [0.717, 1.165) is 38.5 Å². The quantitative estimate of drug-likeness (QED) is 0.243. The first-order chi connectivity index (χ1) is 14.5. The van der Waals surface area contributed by atoms with Gasteiger partial charge in [-0.2, -0.15) is 0 Å². The molecule has 0 spiro atoms. The van der Waals surface area contributed by atoms with E-state index in [2.05, 4.69) is 85.8 Å². The summed E-state index contributed by atoms with van der Waals surface area (Å²) in [7, 11) is 0. The SMILES string of the molecule is CC(C)=CCC/C(C)=C/CC/C(C)=C/CC/C=C(\C)CC[C@@H]1C(C)=CC[C@H](O)C1(C)C. The van der Waals surface area contributed by atoms with Crippen LogP contribution in [0.5, 0.6) is 0 Å². The molecule has 0 aromatic carbocycles. The second-order valence-corrected chi connectivity index (χ2v) is 10.7. The van der Waals surface area contributed by atoms with Crippen molar-refractivity contribution in [3.05, 3.63) is 58.2 Å². The minimum absolute atomic E-state index is 0.0165. The summed E-state index contributed by atoms with van der Waals surface area (Å²) >= 11 is 0. The molecule has 1 rings (SSSR count). The fourth-order valence-electron chi connectivity index (χ4n) is 4.63. The highest BCUT2D eigenvalue weighted by Crippen LogP contribution is 2.43. The molecule has 0 saturated heterocycles. The fraction of sp³-hybridized carbons (Fsp3) is 0.667. The zero-order valence-corrected chi connectivity index (χ0v) is 21.9. The van der Waals surface area contributed by atoms with E-state index in [1.165, 1.54) is 47.1 Å². The van der Waals surface area contributed by atoms with Crippen molar-refractivity contribution in [2.45, 2.75) is 119 Å². The number of rotatable bonds is 12. The van der Waals surface area contributed by atoms with Crippen molar-refractivity contribution in [2.24, 2.45) is 11.3 Å². The summed E-state index contributed by atoms with van der Waals surface area (Å²) in [4.78, 5) is 0. The predicted molar refractivity (Wildman–Crippen MR) is 139 cm³/mol. The van der Waals surface area contributed by atoms with Crippen molar-refractivity contribution in [3.8, 4) is 0 Å². The van der Waals surface area contributed by atoms with Gasteiger partial charge >= 0.3 is 0 Å². The molecule has 0 heterocycles. The highest BCUT2D eigenvalue weighted by Gasteiger charge is 2.38. The molecule has 0 aromatic heterocycles. The maximum Gasteiger partial charge on any atom is 0.0631 e. The molecule has 0 radical (unpaired) electrons. The van der Waals surface area contributed by atoms with E-state index in [1.54, 1.807) is 0 Å². The minimum Gasteiger partial charge on any atom is -0.392 e. The van der Waals surface area contributed by atoms with Crippen LogP contribution >= 0.6 is 0 Å². The highest BCUT2D eigenvalue weighted by molar-refractivity contribution is 5.16. The Morgan fingerprint density at radius 1 is 0.839 bits per heavy atom. The maximum absolute atomic E-state index is 10.4. The Morgan fingerprint density at radius 2 is 1.32 bits per heavy atom. The van der Waals surface area contributed by atoms with Gasteiger partial charge in [0.25, 0.3) is 0 Å². The number of aliphatic hydroxyl groups excluding tert-OH is 1. The third-order valence-corrected chi connectivity index (χ3v) is 7.07. The molecule has 176 valence electrons. The molecule has 0 unspecified atom stereocenters. The maximum atomic E-state index is 10.4. The Morgan fingerprint density at radius 3 is 1.87 bits per heavy atom. The van der Waals surface area contributed by atoms with Gasteiger partial charge in [-0.1, -0.05) is 72.1 Å². The van der Waals surface area contributed by atoms with E-state index < -0.39 is 0 Å². The number of aliphatic hydroxyl groups is 1. The Labute approximate surface area is 194 Å². The van der Waals surface area contributed by atoms with Crippen LogP contribution in [0, 0.1) is 11.3 Å². The zero-order valence-electron chi connectivity index (χ0n) is 21.9. The summed E-state index contributed by atoms with van der Waals surface area (Å²) in [5.74, 6) is 0.486. The van der Waals surface area contributed by atoms with Gasteiger partial charge < -0.3 is 5.11 Å². The molecule has 0 aliphatic heterocycles. The largest absolute Gasteiger partial charge is 0.392 e. The first-order valence-electron chi connectivity index (χ1n) is 12.5. The van der Waals surface area contributed by atoms with Crippen LogP contribution in [0.25, 0.3) is 0 Å². The van der Waals surface area contributed by atoms with Crippen LogP contribution < -0.4 is 0 Å². The molecule has 2 atom stereocenters. The first-order valence-corrected chi connectivity index (χ1v) is 12.5. The van der Waals surface area contributed by atoms with Crippen LogP contribution in [-0.2, 0) is 0 Å². The third kappa shape index (κ3) is 10.7. The van der Waals surface area contributed by atoms with Gasteiger partial charge in [-0.15, -0.1) is 0 Å². The van der Waals surface area contributed by atoms with Gasteiger partial charge in [-0.25, -0.2) is 0 Å². The second kappa shape index (κ2) is 13.9. The monoisotopic (exact) mass is 426 g/mol. The van der Waals surface area contributed by atoms with E-state index in [-0.39, 0.29) is 11.5 Å². The summed E-state index contributed by atoms with van der Waals surface area (Å²) in [5.41, 5.74) is 7.38.